The second-order valence-electron chi connectivity index (χ2n) is 14.6. The zero-order valence-electron chi connectivity index (χ0n) is 30.7. The molecule has 0 radical (unpaired) electrons. The number of rotatable bonds is 7. The Kier molecular flexibility index (Phi) is 9.92. The first-order chi connectivity index (χ1) is 25.8. The van der Waals surface area contributed by atoms with E-state index in [4.69, 9.17) is 21.1 Å². The number of anilines is 2. The van der Waals surface area contributed by atoms with Crippen molar-refractivity contribution in [2.24, 2.45) is 0 Å². The Balaban J connectivity index is 1.10. The maximum absolute atomic E-state index is 14.1. The zero-order chi connectivity index (χ0) is 38.5. The average molecular weight is 769 g/mol. The summed E-state index contributed by atoms with van der Waals surface area (Å²) in [5, 5.41) is 14.0. The number of thiophene rings is 1. The Morgan fingerprint density at radius 3 is 2.06 bits per heavy atom. The van der Waals surface area contributed by atoms with E-state index in [0.717, 1.165) is 38.6 Å². The number of hydrogen-bond acceptors (Lipinski definition) is 8. The van der Waals surface area contributed by atoms with E-state index in [0.29, 0.717) is 57.7 Å². The lowest BCUT2D eigenvalue weighted by Gasteiger charge is -2.26. The summed E-state index contributed by atoms with van der Waals surface area (Å²) in [6, 6.07) is 21.8. The van der Waals surface area contributed by atoms with Crippen molar-refractivity contribution in [2.75, 3.05) is 56.0 Å². The number of phenolic OH excluding ortho intramolecular Hbond substituents is 1. The molecule has 54 heavy (non-hydrogen) atoms. The van der Waals surface area contributed by atoms with Crippen LogP contribution in [0.4, 0.5) is 21.0 Å². The van der Waals surface area contributed by atoms with Gasteiger partial charge in [0, 0.05) is 75.0 Å². The minimum absolute atomic E-state index is 0.0853. The number of amides is 4. The number of ether oxygens (including phenoxy) is 2. The predicted octanol–water partition coefficient (Wildman–Crippen LogP) is 8.24. The van der Waals surface area contributed by atoms with Crippen LogP contribution in [0.5, 0.6) is 11.5 Å². The summed E-state index contributed by atoms with van der Waals surface area (Å²) in [6.07, 6.45) is -0.501. The molecule has 0 spiro atoms. The quantitative estimate of drug-likeness (QED) is 0.166. The third kappa shape index (κ3) is 6.91. The molecule has 4 amide bonds. The Labute approximate surface area is 322 Å². The van der Waals surface area contributed by atoms with E-state index in [1.807, 2.05) is 48.5 Å². The van der Waals surface area contributed by atoms with Gasteiger partial charge in [-0.15, -0.1) is 22.9 Å². The largest absolute Gasteiger partial charge is 0.507 e. The molecule has 7 rings (SSSR count). The molecule has 5 aromatic rings. The monoisotopic (exact) mass is 768 g/mol. The van der Waals surface area contributed by atoms with Gasteiger partial charge in [0.15, 0.2) is 0 Å². The SMILES string of the molecule is CN(CCN(C)C(=O)OC(C)(C)C)C(=O)Oc1cc2c(c3ccccc13)CCN2C(=O)c1ccc(C(=O)N2C[C@@H](CCl)c3c2cc(O)c2ccccc32)s1. The lowest BCUT2D eigenvalue weighted by atomic mass is 9.95. The van der Waals surface area contributed by atoms with Gasteiger partial charge in [0.05, 0.1) is 21.1 Å². The maximum Gasteiger partial charge on any atom is 0.415 e. The van der Waals surface area contributed by atoms with Gasteiger partial charge in [-0.05, 0) is 61.2 Å². The molecular formula is C41H41ClN4O7S. The van der Waals surface area contributed by atoms with Gasteiger partial charge in [-0.25, -0.2) is 9.59 Å². The highest BCUT2D eigenvalue weighted by Gasteiger charge is 2.36. The fourth-order valence-electron chi connectivity index (χ4n) is 7.10. The number of phenols is 1. The molecule has 1 aromatic heterocycles. The highest BCUT2D eigenvalue weighted by atomic mass is 35.5. The van der Waals surface area contributed by atoms with E-state index in [-0.39, 0.29) is 36.6 Å². The number of likely N-dealkylation sites (N-methyl/N-ethyl adjacent to an activating group) is 2. The highest BCUT2D eigenvalue weighted by Crippen LogP contribution is 2.46. The number of halogens is 1. The summed E-state index contributed by atoms with van der Waals surface area (Å²) in [6.45, 7) is 6.57. The number of benzene rings is 4. The lowest BCUT2D eigenvalue weighted by Crippen LogP contribution is -2.40. The number of hydrogen-bond donors (Lipinski definition) is 1. The van der Waals surface area contributed by atoms with Crippen LogP contribution < -0.4 is 14.5 Å². The van der Waals surface area contributed by atoms with E-state index >= 15 is 0 Å². The van der Waals surface area contributed by atoms with Crippen LogP contribution in [0.2, 0.25) is 0 Å². The number of carbonyl (C=O) groups is 4. The predicted molar refractivity (Wildman–Crippen MR) is 212 cm³/mol. The molecule has 3 heterocycles. The molecule has 0 saturated heterocycles. The summed E-state index contributed by atoms with van der Waals surface area (Å²) >= 11 is 7.52. The van der Waals surface area contributed by atoms with E-state index in [1.165, 1.54) is 9.80 Å². The van der Waals surface area contributed by atoms with Crippen LogP contribution in [0, 0.1) is 0 Å². The van der Waals surface area contributed by atoms with E-state index in [9.17, 15) is 24.3 Å². The van der Waals surface area contributed by atoms with Crippen molar-refractivity contribution < 1.29 is 33.8 Å². The second kappa shape index (κ2) is 14.5. The minimum Gasteiger partial charge on any atom is -0.507 e. The van der Waals surface area contributed by atoms with Crippen molar-refractivity contribution in [1.82, 2.24) is 9.80 Å². The van der Waals surface area contributed by atoms with E-state index in [1.54, 1.807) is 68.9 Å². The van der Waals surface area contributed by atoms with Gasteiger partial charge in [-0.1, -0.05) is 48.5 Å². The van der Waals surface area contributed by atoms with Crippen molar-refractivity contribution in [2.45, 2.75) is 38.7 Å². The van der Waals surface area contributed by atoms with Gasteiger partial charge in [0.25, 0.3) is 11.8 Å². The Bertz CT molecular complexity index is 2320. The van der Waals surface area contributed by atoms with Crippen LogP contribution in [0.3, 0.4) is 0 Å². The standard InChI is InChI=1S/C41H41ClN4O7S/c1-41(2,3)53-40(51)44(5)19-18-43(4)39(50)52-33-21-30-26(25-10-6-8-12-28(25)33)16-17-45(30)37(48)34-14-15-35(54-34)38(49)46-23-24(22-42)36-29-13-9-7-11-27(29)32(47)20-31(36)46/h6-15,20-21,24,47H,16-19,22-23H2,1-5H3/t24-/m1/s1. The molecule has 1 atom stereocenters. The van der Waals surface area contributed by atoms with Crippen LogP contribution in [-0.4, -0.2) is 90.7 Å². The topological polar surface area (TPSA) is 120 Å². The zero-order valence-corrected chi connectivity index (χ0v) is 32.3. The van der Waals surface area contributed by atoms with E-state index in [2.05, 4.69) is 0 Å². The fraction of sp³-hybridized carbons (Fsp3) is 0.317. The van der Waals surface area contributed by atoms with Crippen LogP contribution in [0.25, 0.3) is 21.5 Å². The molecule has 0 fully saturated rings. The van der Waals surface area contributed by atoms with Crippen molar-refractivity contribution in [3.63, 3.8) is 0 Å². The van der Waals surface area contributed by atoms with Gasteiger partial charge >= 0.3 is 12.2 Å². The first-order valence-corrected chi connectivity index (χ1v) is 19.1. The van der Waals surface area contributed by atoms with Gasteiger partial charge in [-0.2, -0.15) is 0 Å². The number of carbonyl (C=O) groups excluding carboxylic acids is 4. The second-order valence-corrected chi connectivity index (χ2v) is 16.0. The molecule has 4 aromatic carbocycles. The van der Waals surface area contributed by atoms with Gasteiger partial charge in [0.2, 0.25) is 0 Å². The molecular weight excluding hydrogens is 728 g/mol. The Morgan fingerprint density at radius 1 is 0.815 bits per heavy atom. The summed E-state index contributed by atoms with van der Waals surface area (Å²) in [5.74, 6) is 0.0439. The van der Waals surface area contributed by atoms with Gasteiger partial charge < -0.3 is 34.2 Å². The van der Waals surface area contributed by atoms with Crippen LogP contribution in [0.15, 0.2) is 72.8 Å². The molecule has 13 heteroatoms. The number of nitrogens with zero attached hydrogens (tertiary/aromatic N) is 4. The summed E-state index contributed by atoms with van der Waals surface area (Å²) in [7, 11) is 3.20. The number of alkyl halides is 1. The maximum atomic E-state index is 14.1. The average Bonchev–Trinajstić information content (AvgIpc) is 3.90. The first kappa shape index (κ1) is 37.0. The third-order valence-corrected chi connectivity index (χ3v) is 11.2. The molecule has 0 saturated carbocycles. The smallest absolute Gasteiger partial charge is 0.415 e. The van der Waals surface area contributed by atoms with Crippen molar-refractivity contribution >= 4 is 79.9 Å². The highest BCUT2D eigenvalue weighted by molar-refractivity contribution is 7.16. The van der Waals surface area contributed by atoms with Gasteiger partial charge in [0.1, 0.15) is 17.1 Å². The van der Waals surface area contributed by atoms with Crippen molar-refractivity contribution in [1.29, 1.82) is 0 Å². The molecule has 0 unspecified atom stereocenters. The lowest BCUT2D eigenvalue weighted by molar-refractivity contribution is 0.0287. The minimum atomic E-state index is -0.639. The Hall–Kier alpha value is -5.33. The Morgan fingerprint density at radius 2 is 1.41 bits per heavy atom. The molecule has 2 aliphatic heterocycles. The molecule has 280 valence electrons. The normalized spacial score (nSPS) is 15.0. The van der Waals surface area contributed by atoms with Crippen molar-refractivity contribution in [3.8, 4) is 11.5 Å². The molecule has 0 aliphatic carbocycles. The summed E-state index contributed by atoms with van der Waals surface area (Å²) < 4.78 is 11.3. The van der Waals surface area contributed by atoms with E-state index < -0.39 is 17.8 Å². The number of fused-ring (bicyclic) bond motifs is 6. The fourth-order valence-corrected chi connectivity index (χ4v) is 8.26. The van der Waals surface area contributed by atoms with Crippen LogP contribution in [-0.2, 0) is 11.2 Å². The summed E-state index contributed by atoms with van der Waals surface area (Å²) in [4.78, 5) is 60.7. The van der Waals surface area contributed by atoms with Crippen molar-refractivity contribution in [3.05, 3.63) is 93.7 Å². The third-order valence-electron chi connectivity index (χ3n) is 9.80. The molecule has 2 aliphatic rings. The first-order valence-electron chi connectivity index (χ1n) is 17.7. The van der Waals surface area contributed by atoms with Crippen LogP contribution >= 0.6 is 22.9 Å². The molecule has 1 N–H and O–H groups in total. The van der Waals surface area contributed by atoms with Gasteiger partial charge in [-0.3, -0.25) is 9.59 Å². The molecule has 0 bridgehead atoms. The van der Waals surface area contributed by atoms with Crippen LogP contribution in [0.1, 0.15) is 57.2 Å². The molecule has 11 nitrogen and oxygen atoms in total. The summed E-state index contributed by atoms with van der Waals surface area (Å²) in [5.41, 5.74) is 2.50. The number of aromatic hydroxyl groups is 1.